The molecule has 11 aromatic rings. The fraction of sp³-hybridized carbons (Fsp3) is 0. The van der Waals surface area contributed by atoms with E-state index in [1.807, 2.05) is 47.7 Å². The molecule has 0 aliphatic heterocycles. The number of furan rings is 1. The third-order valence-electron chi connectivity index (χ3n) is 9.88. The molecule has 0 unspecified atom stereocenters. The van der Waals surface area contributed by atoms with E-state index in [0.29, 0.717) is 17.6 Å². The van der Waals surface area contributed by atoms with Gasteiger partial charge in [0, 0.05) is 47.3 Å². The standard InChI is InChI=1S/C45H26N4OS/c1-2-11-27(12-3-1)43-46-44(48-45(47-43)49-37-18-7-4-13-30(37)31-14-5-8-19-38(31)49)34-17-10-16-33-35-25-28(21-23-39(35)50-42(33)34)29-22-24-41-36(26-29)32-15-6-9-20-40(32)51-41/h1-26H. The normalized spacial score (nSPS) is 11.9. The molecule has 0 aliphatic rings. The summed E-state index contributed by atoms with van der Waals surface area (Å²) in [6.45, 7) is 0. The van der Waals surface area contributed by atoms with Gasteiger partial charge in [0.1, 0.15) is 11.2 Å². The second kappa shape index (κ2) is 10.9. The first kappa shape index (κ1) is 28.2. The van der Waals surface area contributed by atoms with Gasteiger partial charge >= 0.3 is 0 Å². The van der Waals surface area contributed by atoms with E-state index in [2.05, 4.69) is 126 Å². The Kier molecular flexibility index (Phi) is 6.05. The molecule has 0 bridgehead atoms. The van der Waals surface area contributed by atoms with Gasteiger partial charge in [-0.05, 0) is 59.7 Å². The average molecular weight is 671 g/mol. The minimum absolute atomic E-state index is 0.556. The Morgan fingerprint density at radius 1 is 0.431 bits per heavy atom. The van der Waals surface area contributed by atoms with Crippen LogP contribution in [0.1, 0.15) is 0 Å². The number of para-hydroxylation sites is 3. The van der Waals surface area contributed by atoms with Gasteiger partial charge in [-0.2, -0.15) is 9.97 Å². The molecule has 0 amide bonds. The van der Waals surface area contributed by atoms with Crippen LogP contribution in [0.2, 0.25) is 0 Å². The Labute approximate surface area is 295 Å². The maximum Gasteiger partial charge on any atom is 0.238 e. The quantitative estimate of drug-likeness (QED) is 0.187. The summed E-state index contributed by atoms with van der Waals surface area (Å²) in [6, 6.07) is 55.0. The molecule has 0 radical (unpaired) electrons. The molecule has 0 spiro atoms. The number of hydrogen-bond acceptors (Lipinski definition) is 5. The van der Waals surface area contributed by atoms with Gasteiger partial charge in [-0.3, -0.25) is 4.57 Å². The highest BCUT2D eigenvalue weighted by molar-refractivity contribution is 7.25. The van der Waals surface area contributed by atoms with Gasteiger partial charge in [0.25, 0.3) is 0 Å². The van der Waals surface area contributed by atoms with Gasteiger partial charge < -0.3 is 4.42 Å². The van der Waals surface area contributed by atoms with Crippen LogP contribution in [0.5, 0.6) is 0 Å². The van der Waals surface area contributed by atoms with E-state index in [4.69, 9.17) is 19.4 Å². The molecule has 0 fully saturated rings. The number of nitrogens with zero attached hydrogens (tertiary/aromatic N) is 4. The first-order chi connectivity index (χ1) is 25.3. The summed E-state index contributed by atoms with van der Waals surface area (Å²) in [6.07, 6.45) is 0. The van der Waals surface area contributed by atoms with Gasteiger partial charge in [-0.1, -0.05) is 109 Å². The van der Waals surface area contributed by atoms with E-state index in [-0.39, 0.29) is 0 Å². The summed E-state index contributed by atoms with van der Waals surface area (Å²) in [5.74, 6) is 1.72. The van der Waals surface area contributed by atoms with Crippen LogP contribution in [-0.4, -0.2) is 19.5 Å². The highest BCUT2D eigenvalue weighted by atomic mass is 32.1. The molecule has 0 saturated carbocycles. The van der Waals surface area contributed by atoms with Gasteiger partial charge in [0.2, 0.25) is 5.95 Å². The van der Waals surface area contributed by atoms with E-state index in [9.17, 15) is 0 Å². The van der Waals surface area contributed by atoms with Crippen LogP contribution in [0, 0.1) is 0 Å². The van der Waals surface area contributed by atoms with Crippen molar-refractivity contribution < 1.29 is 4.42 Å². The topological polar surface area (TPSA) is 56.7 Å². The second-order valence-corrected chi connectivity index (χ2v) is 13.9. The van der Waals surface area contributed by atoms with Crippen LogP contribution in [0.15, 0.2) is 162 Å². The summed E-state index contributed by atoms with van der Waals surface area (Å²) >= 11 is 1.84. The lowest BCUT2D eigenvalue weighted by Crippen LogP contribution is -2.06. The summed E-state index contributed by atoms with van der Waals surface area (Å²) in [4.78, 5) is 15.4. The van der Waals surface area contributed by atoms with Crippen LogP contribution >= 0.6 is 11.3 Å². The molecule has 7 aromatic carbocycles. The molecule has 11 rings (SSSR count). The minimum Gasteiger partial charge on any atom is -0.455 e. The Morgan fingerprint density at radius 2 is 1.06 bits per heavy atom. The Morgan fingerprint density at radius 3 is 1.86 bits per heavy atom. The van der Waals surface area contributed by atoms with E-state index >= 15 is 0 Å². The molecule has 0 N–H and O–H groups in total. The predicted molar refractivity (Wildman–Crippen MR) is 211 cm³/mol. The van der Waals surface area contributed by atoms with Crippen LogP contribution in [0.3, 0.4) is 0 Å². The van der Waals surface area contributed by atoms with E-state index < -0.39 is 0 Å². The van der Waals surface area contributed by atoms with Crippen LogP contribution in [0.4, 0.5) is 0 Å². The molecule has 238 valence electrons. The number of aromatic nitrogens is 4. The third-order valence-corrected chi connectivity index (χ3v) is 11.0. The average Bonchev–Trinajstić information content (AvgIpc) is 3.87. The predicted octanol–water partition coefficient (Wildman–Crippen LogP) is 12.2. The van der Waals surface area contributed by atoms with Crippen molar-refractivity contribution in [3.05, 3.63) is 158 Å². The fourth-order valence-electron chi connectivity index (χ4n) is 7.50. The maximum absolute atomic E-state index is 6.66. The number of fused-ring (bicyclic) bond motifs is 9. The van der Waals surface area contributed by atoms with Crippen molar-refractivity contribution in [2.45, 2.75) is 0 Å². The van der Waals surface area contributed by atoms with Crippen LogP contribution in [-0.2, 0) is 0 Å². The lowest BCUT2D eigenvalue weighted by atomic mass is 10.0. The van der Waals surface area contributed by atoms with Crippen molar-refractivity contribution >= 4 is 75.3 Å². The molecule has 0 saturated heterocycles. The minimum atomic E-state index is 0.556. The van der Waals surface area contributed by atoms with Gasteiger partial charge in [-0.25, -0.2) is 4.98 Å². The number of thiophene rings is 1. The smallest absolute Gasteiger partial charge is 0.238 e. The Balaban J connectivity index is 1.11. The zero-order chi connectivity index (χ0) is 33.5. The van der Waals surface area contributed by atoms with Crippen molar-refractivity contribution in [1.82, 2.24) is 19.5 Å². The summed E-state index contributed by atoms with van der Waals surface area (Å²) < 4.78 is 11.4. The van der Waals surface area contributed by atoms with E-state index in [0.717, 1.165) is 60.4 Å². The van der Waals surface area contributed by atoms with Crippen LogP contribution < -0.4 is 0 Å². The zero-order valence-corrected chi connectivity index (χ0v) is 27.9. The second-order valence-electron chi connectivity index (χ2n) is 12.8. The Hall–Kier alpha value is -6.63. The molecule has 4 heterocycles. The van der Waals surface area contributed by atoms with Gasteiger partial charge in [0.05, 0.1) is 16.6 Å². The zero-order valence-electron chi connectivity index (χ0n) is 27.1. The first-order valence-corrected chi connectivity index (χ1v) is 17.8. The maximum atomic E-state index is 6.66. The molecule has 5 nitrogen and oxygen atoms in total. The Bertz CT molecular complexity index is 3100. The lowest BCUT2D eigenvalue weighted by molar-refractivity contribution is 0.669. The SMILES string of the molecule is c1ccc(-c2nc(-c3cccc4c3oc3ccc(-c5ccc6sc7ccccc7c6c5)cc34)nc(-n3c4ccccc4c4ccccc43)n2)cc1. The van der Waals surface area contributed by atoms with Crippen LogP contribution in [0.25, 0.3) is 104 Å². The molecule has 0 atom stereocenters. The molecular formula is C45H26N4OS. The van der Waals surface area contributed by atoms with Crippen molar-refractivity contribution in [2.24, 2.45) is 0 Å². The summed E-state index contributed by atoms with van der Waals surface area (Å²) in [5, 5.41) is 6.96. The first-order valence-electron chi connectivity index (χ1n) is 16.9. The summed E-state index contributed by atoms with van der Waals surface area (Å²) in [5.41, 5.74) is 7.71. The lowest BCUT2D eigenvalue weighted by Gasteiger charge is -2.11. The van der Waals surface area contributed by atoms with E-state index in [1.165, 1.54) is 25.7 Å². The molecule has 0 aliphatic carbocycles. The molecule has 51 heavy (non-hydrogen) atoms. The monoisotopic (exact) mass is 670 g/mol. The van der Waals surface area contributed by atoms with Crippen molar-refractivity contribution in [1.29, 1.82) is 0 Å². The third kappa shape index (κ3) is 4.37. The highest BCUT2D eigenvalue weighted by Crippen LogP contribution is 2.40. The number of hydrogen-bond donors (Lipinski definition) is 0. The van der Waals surface area contributed by atoms with Crippen molar-refractivity contribution in [3.8, 4) is 39.9 Å². The van der Waals surface area contributed by atoms with E-state index in [1.54, 1.807) is 0 Å². The van der Waals surface area contributed by atoms with Crippen molar-refractivity contribution in [2.75, 3.05) is 0 Å². The highest BCUT2D eigenvalue weighted by Gasteiger charge is 2.20. The number of rotatable bonds is 4. The van der Waals surface area contributed by atoms with Gasteiger partial charge in [0.15, 0.2) is 11.6 Å². The van der Waals surface area contributed by atoms with Gasteiger partial charge in [-0.15, -0.1) is 11.3 Å². The molecular weight excluding hydrogens is 645 g/mol. The molecule has 6 heteroatoms. The fourth-order valence-corrected chi connectivity index (χ4v) is 8.59. The largest absolute Gasteiger partial charge is 0.455 e. The number of benzene rings is 7. The molecule has 4 aromatic heterocycles. The summed E-state index contributed by atoms with van der Waals surface area (Å²) in [7, 11) is 0. The van der Waals surface area contributed by atoms with Crippen molar-refractivity contribution in [3.63, 3.8) is 0 Å².